The summed E-state index contributed by atoms with van der Waals surface area (Å²) in [6.45, 7) is 7.26. The molecule has 1 aliphatic carbocycles. The zero-order valence-corrected chi connectivity index (χ0v) is 15.1. The van der Waals surface area contributed by atoms with Gasteiger partial charge in [0.15, 0.2) is 9.84 Å². The fourth-order valence-electron chi connectivity index (χ4n) is 4.08. The summed E-state index contributed by atoms with van der Waals surface area (Å²) in [6, 6.07) is 0. The maximum absolute atomic E-state index is 12.6. The number of rotatable bonds is 4. The van der Waals surface area contributed by atoms with E-state index in [-0.39, 0.29) is 17.6 Å². The quantitative estimate of drug-likeness (QED) is 0.797. The van der Waals surface area contributed by atoms with Crippen LogP contribution in [0.3, 0.4) is 0 Å². The Balaban J connectivity index is 1.98. The second-order valence-electron chi connectivity index (χ2n) is 7.67. The third kappa shape index (κ3) is 4.46. The van der Waals surface area contributed by atoms with Crippen molar-refractivity contribution in [3.05, 3.63) is 0 Å². The summed E-state index contributed by atoms with van der Waals surface area (Å²) in [6.07, 6.45) is 6.59. The summed E-state index contributed by atoms with van der Waals surface area (Å²) in [7, 11) is -3.33. The van der Waals surface area contributed by atoms with E-state index in [1.165, 1.54) is 6.42 Å². The molecule has 0 spiro atoms. The van der Waals surface area contributed by atoms with Crippen LogP contribution in [-0.4, -0.2) is 43.3 Å². The van der Waals surface area contributed by atoms with Crippen LogP contribution in [0.2, 0.25) is 0 Å². The fourth-order valence-corrected chi connectivity index (χ4v) is 5.82. The van der Waals surface area contributed by atoms with E-state index < -0.39 is 15.1 Å². The predicted octanol–water partition coefficient (Wildman–Crippen LogP) is 2.87. The van der Waals surface area contributed by atoms with Gasteiger partial charge in [0, 0.05) is 13.1 Å². The minimum atomic E-state index is -3.33. The Morgan fingerprint density at radius 3 is 2.18 bits per heavy atom. The number of sulfone groups is 1. The van der Waals surface area contributed by atoms with Gasteiger partial charge >= 0.3 is 0 Å². The number of piperidine rings is 1. The minimum Gasteiger partial charge on any atom is -0.341 e. The van der Waals surface area contributed by atoms with Gasteiger partial charge in [0.05, 0.1) is 5.75 Å². The van der Waals surface area contributed by atoms with Gasteiger partial charge < -0.3 is 4.90 Å². The first kappa shape index (κ1) is 17.8. The van der Waals surface area contributed by atoms with Gasteiger partial charge in [0.25, 0.3) is 0 Å². The highest BCUT2D eigenvalue weighted by molar-refractivity contribution is 7.92. The van der Waals surface area contributed by atoms with Crippen LogP contribution in [0, 0.1) is 17.8 Å². The molecular weight excluding hydrogens is 298 g/mol. The molecule has 22 heavy (non-hydrogen) atoms. The van der Waals surface area contributed by atoms with E-state index >= 15 is 0 Å². The zero-order chi connectivity index (χ0) is 16.3. The van der Waals surface area contributed by atoms with Crippen molar-refractivity contribution in [1.82, 2.24) is 4.90 Å². The highest BCUT2D eigenvalue weighted by atomic mass is 32.2. The van der Waals surface area contributed by atoms with Crippen molar-refractivity contribution in [3.8, 4) is 0 Å². The van der Waals surface area contributed by atoms with Crippen LogP contribution < -0.4 is 0 Å². The molecule has 1 heterocycles. The molecule has 1 aliphatic heterocycles. The van der Waals surface area contributed by atoms with Gasteiger partial charge in [-0.2, -0.15) is 0 Å². The van der Waals surface area contributed by atoms with Crippen molar-refractivity contribution in [2.24, 2.45) is 17.8 Å². The molecule has 3 atom stereocenters. The first-order chi connectivity index (χ1) is 10.3. The van der Waals surface area contributed by atoms with Crippen LogP contribution in [0.15, 0.2) is 0 Å². The summed E-state index contributed by atoms with van der Waals surface area (Å²) in [5.74, 6) is 1.18. The van der Waals surface area contributed by atoms with Gasteiger partial charge in [0.2, 0.25) is 5.91 Å². The SMILES string of the molecule is C[C@@H]1C[C@H](C)CN(C(=O)[C@@H](C)S(=O)(=O)CC2CCCCC2)C1. The van der Waals surface area contributed by atoms with E-state index in [0.29, 0.717) is 24.9 Å². The van der Waals surface area contributed by atoms with E-state index in [1.54, 1.807) is 11.8 Å². The number of nitrogens with zero attached hydrogens (tertiary/aromatic N) is 1. The normalized spacial score (nSPS) is 29.3. The average Bonchev–Trinajstić information content (AvgIpc) is 2.45. The molecule has 2 aliphatic rings. The standard InChI is InChI=1S/C17H31NO3S/c1-13-9-14(2)11-18(10-13)17(19)15(3)22(20,21)12-16-7-5-4-6-8-16/h13-16H,4-12H2,1-3H3/t13-,14+,15-/m1/s1. The minimum absolute atomic E-state index is 0.186. The van der Waals surface area contributed by atoms with Gasteiger partial charge in [-0.15, -0.1) is 0 Å². The molecule has 4 nitrogen and oxygen atoms in total. The van der Waals surface area contributed by atoms with E-state index in [1.807, 2.05) is 0 Å². The van der Waals surface area contributed by atoms with Crippen molar-refractivity contribution in [2.75, 3.05) is 18.8 Å². The van der Waals surface area contributed by atoms with Gasteiger partial charge in [-0.3, -0.25) is 4.79 Å². The molecule has 0 unspecified atom stereocenters. The van der Waals surface area contributed by atoms with Crippen LogP contribution in [0.25, 0.3) is 0 Å². The summed E-state index contributed by atoms with van der Waals surface area (Å²) < 4.78 is 25.2. The molecule has 1 saturated heterocycles. The first-order valence-corrected chi connectivity index (χ1v) is 10.5. The Morgan fingerprint density at radius 2 is 1.64 bits per heavy atom. The summed E-state index contributed by atoms with van der Waals surface area (Å²) in [4.78, 5) is 14.4. The van der Waals surface area contributed by atoms with E-state index in [4.69, 9.17) is 0 Å². The number of likely N-dealkylation sites (tertiary alicyclic amines) is 1. The molecule has 1 saturated carbocycles. The Kier molecular flexibility index (Phi) is 5.92. The highest BCUT2D eigenvalue weighted by Gasteiger charge is 2.36. The van der Waals surface area contributed by atoms with Crippen LogP contribution in [0.4, 0.5) is 0 Å². The number of carbonyl (C=O) groups excluding carboxylic acids is 1. The summed E-state index contributed by atoms with van der Waals surface area (Å²) in [5, 5.41) is -0.882. The molecule has 0 bridgehead atoms. The Morgan fingerprint density at radius 1 is 1.09 bits per heavy atom. The summed E-state index contributed by atoms with van der Waals surface area (Å²) >= 11 is 0. The third-order valence-electron chi connectivity index (χ3n) is 5.26. The Labute approximate surface area is 135 Å². The van der Waals surface area contributed by atoms with E-state index in [0.717, 1.165) is 32.1 Å². The van der Waals surface area contributed by atoms with Crippen LogP contribution in [-0.2, 0) is 14.6 Å². The van der Waals surface area contributed by atoms with Crippen molar-refractivity contribution in [2.45, 2.75) is 64.5 Å². The number of carbonyl (C=O) groups is 1. The summed E-state index contributed by atoms with van der Waals surface area (Å²) in [5.41, 5.74) is 0. The molecule has 2 rings (SSSR count). The lowest BCUT2D eigenvalue weighted by Gasteiger charge is -2.36. The topological polar surface area (TPSA) is 54.5 Å². The number of hydrogen-bond acceptors (Lipinski definition) is 3. The lowest BCUT2D eigenvalue weighted by atomic mass is 9.91. The molecule has 0 aromatic heterocycles. The molecular formula is C17H31NO3S. The largest absolute Gasteiger partial charge is 0.341 e. The highest BCUT2D eigenvalue weighted by Crippen LogP contribution is 2.27. The molecule has 0 aromatic carbocycles. The zero-order valence-electron chi connectivity index (χ0n) is 14.3. The fraction of sp³-hybridized carbons (Fsp3) is 0.941. The first-order valence-electron chi connectivity index (χ1n) is 8.80. The lowest BCUT2D eigenvalue weighted by Crippen LogP contribution is -2.48. The third-order valence-corrected chi connectivity index (χ3v) is 7.47. The van der Waals surface area contributed by atoms with Crippen molar-refractivity contribution < 1.29 is 13.2 Å². The van der Waals surface area contributed by atoms with Gasteiger partial charge in [-0.1, -0.05) is 33.1 Å². The molecule has 0 aromatic rings. The number of hydrogen-bond donors (Lipinski definition) is 0. The maximum atomic E-state index is 12.6. The van der Waals surface area contributed by atoms with Gasteiger partial charge in [-0.05, 0) is 43.9 Å². The van der Waals surface area contributed by atoms with Crippen molar-refractivity contribution in [1.29, 1.82) is 0 Å². The van der Waals surface area contributed by atoms with Crippen LogP contribution in [0.5, 0.6) is 0 Å². The van der Waals surface area contributed by atoms with Crippen molar-refractivity contribution >= 4 is 15.7 Å². The Hall–Kier alpha value is -0.580. The van der Waals surface area contributed by atoms with Crippen LogP contribution in [0.1, 0.15) is 59.3 Å². The second kappa shape index (κ2) is 7.33. The van der Waals surface area contributed by atoms with Crippen molar-refractivity contribution in [3.63, 3.8) is 0 Å². The molecule has 5 heteroatoms. The monoisotopic (exact) mass is 329 g/mol. The number of amides is 1. The molecule has 128 valence electrons. The maximum Gasteiger partial charge on any atom is 0.240 e. The molecule has 0 N–H and O–H groups in total. The van der Waals surface area contributed by atoms with Gasteiger partial charge in [-0.25, -0.2) is 8.42 Å². The van der Waals surface area contributed by atoms with E-state index in [9.17, 15) is 13.2 Å². The van der Waals surface area contributed by atoms with Crippen LogP contribution >= 0.6 is 0 Å². The van der Waals surface area contributed by atoms with Gasteiger partial charge in [0.1, 0.15) is 5.25 Å². The average molecular weight is 330 g/mol. The molecule has 0 radical (unpaired) electrons. The Bertz CT molecular complexity index is 472. The molecule has 2 fully saturated rings. The second-order valence-corrected chi connectivity index (χ2v) is 10.0. The lowest BCUT2D eigenvalue weighted by molar-refractivity contribution is -0.133. The van der Waals surface area contributed by atoms with E-state index in [2.05, 4.69) is 13.8 Å². The predicted molar refractivity (Wildman–Crippen MR) is 89.3 cm³/mol. The smallest absolute Gasteiger partial charge is 0.240 e. The molecule has 1 amide bonds.